The smallest absolute Gasteiger partial charge is 0.122 e. The summed E-state index contributed by atoms with van der Waals surface area (Å²) in [7, 11) is 0. The number of ether oxygens (including phenoxy) is 1. The SMILES string of the molecule is OC(c1cccc(I)c1)c1ccc2c(c1)CCCO2. The van der Waals surface area contributed by atoms with E-state index in [1.165, 1.54) is 5.56 Å². The maximum Gasteiger partial charge on any atom is 0.122 e. The van der Waals surface area contributed by atoms with Gasteiger partial charge in [0.05, 0.1) is 6.61 Å². The molecule has 0 aromatic heterocycles. The highest BCUT2D eigenvalue weighted by Crippen LogP contribution is 2.30. The molecule has 19 heavy (non-hydrogen) atoms. The monoisotopic (exact) mass is 366 g/mol. The zero-order valence-electron chi connectivity index (χ0n) is 10.5. The van der Waals surface area contributed by atoms with Crippen LogP contribution in [0.15, 0.2) is 42.5 Å². The molecule has 0 radical (unpaired) electrons. The van der Waals surface area contributed by atoms with Crippen LogP contribution in [0.3, 0.4) is 0 Å². The predicted molar refractivity (Wildman–Crippen MR) is 83.5 cm³/mol. The summed E-state index contributed by atoms with van der Waals surface area (Å²) in [4.78, 5) is 0. The minimum absolute atomic E-state index is 0.568. The van der Waals surface area contributed by atoms with Crippen molar-refractivity contribution in [2.75, 3.05) is 6.61 Å². The largest absolute Gasteiger partial charge is 0.493 e. The van der Waals surface area contributed by atoms with Crippen molar-refractivity contribution in [3.05, 3.63) is 62.7 Å². The van der Waals surface area contributed by atoms with Gasteiger partial charge in [-0.1, -0.05) is 18.2 Å². The second-order valence-corrected chi connectivity index (χ2v) is 6.02. The Labute approximate surface area is 126 Å². The summed E-state index contributed by atoms with van der Waals surface area (Å²) in [5, 5.41) is 10.5. The van der Waals surface area contributed by atoms with Crippen molar-refractivity contribution in [2.45, 2.75) is 18.9 Å². The van der Waals surface area contributed by atoms with Crippen molar-refractivity contribution in [3.63, 3.8) is 0 Å². The van der Waals surface area contributed by atoms with Gasteiger partial charge in [0.2, 0.25) is 0 Å². The van der Waals surface area contributed by atoms with Crippen molar-refractivity contribution in [2.24, 2.45) is 0 Å². The number of benzene rings is 2. The molecule has 1 aliphatic rings. The molecule has 1 heterocycles. The van der Waals surface area contributed by atoms with E-state index in [2.05, 4.69) is 28.7 Å². The normalized spacial score (nSPS) is 15.5. The molecule has 0 bridgehead atoms. The highest BCUT2D eigenvalue weighted by molar-refractivity contribution is 14.1. The van der Waals surface area contributed by atoms with E-state index in [0.717, 1.165) is 39.9 Å². The molecule has 98 valence electrons. The van der Waals surface area contributed by atoms with Gasteiger partial charge >= 0.3 is 0 Å². The van der Waals surface area contributed by atoms with Crippen molar-refractivity contribution < 1.29 is 9.84 Å². The van der Waals surface area contributed by atoms with Crippen molar-refractivity contribution in [1.29, 1.82) is 0 Å². The number of aliphatic hydroxyl groups is 1. The van der Waals surface area contributed by atoms with E-state index in [1.807, 2.05) is 36.4 Å². The number of aliphatic hydroxyl groups excluding tert-OH is 1. The number of halogens is 1. The molecule has 2 nitrogen and oxygen atoms in total. The van der Waals surface area contributed by atoms with Gasteiger partial charge in [0, 0.05) is 3.57 Å². The highest BCUT2D eigenvalue weighted by atomic mass is 127. The van der Waals surface area contributed by atoms with Crippen LogP contribution in [0.2, 0.25) is 0 Å². The van der Waals surface area contributed by atoms with Crippen LogP contribution in [0.4, 0.5) is 0 Å². The summed E-state index contributed by atoms with van der Waals surface area (Å²) in [5.41, 5.74) is 3.07. The van der Waals surface area contributed by atoms with Crippen LogP contribution in [-0.4, -0.2) is 11.7 Å². The first-order valence-electron chi connectivity index (χ1n) is 6.43. The number of hydrogen-bond acceptors (Lipinski definition) is 2. The molecule has 0 amide bonds. The summed E-state index contributed by atoms with van der Waals surface area (Å²) >= 11 is 2.26. The van der Waals surface area contributed by atoms with Gasteiger partial charge in [-0.2, -0.15) is 0 Å². The Bertz CT molecular complexity index is 595. The van der Waals surface area contributed by atoms with Gasteiger partial charge in [-0.15, -0.1) is 0 Å². The maximum atomic E-state index is 10.5. The topological polar surface area (TPSA) is 29.5 Å². The average molecular weight is 366 g/mol. The second-order valence-electron chi connectivity index (χ2n) is 4.78. The maximum absolute atomic E-state index is 10.5. The van der Waals surface area contributed by atoms with Crippen LogP contribution in [0.5, 0.6) is 5.75 Å². The van der Waals surface area contributed by atoms with Gasteiger partial charge in [0.1, 0.15) is 11.9 Å². The fourth-order valence-corrected chi connectivity index (χ4v) is 2.99. The van der Waals surface area contributed by atoms with Crippen LogP contribution < -0.4 is 4.74 Å². The zero-order valence-corrected chi connectivity index (χ0v) is 12.6. The van der Waals surface area contributed by atoms with E-state index in [1.54, 1.807) is 0 Å². The van der Waals surface area contributed by atoms with Crippen molar-refractivity contribution in [1.82, 2.24) is 0 Å². The molecular weight excluding hydrogens is 351 g/mol. The Morgan fingerprint density at radius 1 is 1.11 bits per heavy atom. The molecule has 0 saturated carbocycles. The molecular formula is C16H15IO2. The third-order valence-corrected chi connectivity index (χ3v) is 4.08. The molecule has 0 spiro atoms. The summed E-state index contributed by atoms with van der Waals surface area (Å²) in [6.07, 6.45) is 1.51. The minimum Gasteiger partial charge on any atom is -0.493 e. The van der Waals surface area contributed by atoms with Gasteiger partial charge in [-0.25, -0.2) is 0 Å². The molecule has 3 rings (SSSR count). The Morgan fingerprint density at radius 2 is 1.95 bits per heavy atom. The van der Waals surface area contributed by atoms with E-state index < -0.39 is 6.10 Å². The van der Waals surface area contributed by atoms with E-state index in [9.17, 15) is 5.11 Å². The summed E-state index contributed by atoms with van der Waals surface area (Å²) in [6.45, 7) is 0.797. The molecule has 1 atom stereocenters. The lowest BCUT2D eigenvalue weighted by molar-refractivity contribution is 0.219. The second kappa shape index (κ2) is 5.51. The lowest BCUT2D eigenvalue weighted by Gasteiger charge is -2.19. The fourth-order valence-electron chi connectivity index (χ4n) is 2.42. The molecule has 0 fully saturated rings. The average Bonchev–Trinajstić information content (AvgIpc) is 2.46. The fraction of sp³-hybridized carbons (Fsp3) is 0.250. The van der Waals surface area contributed by atoms with Crippen LogP contribution in [0, 0.1) is 3.57 Å². The minimum atomic E-state index is -0.568. The van der Waals surface area contributed by atoms with Crippen LogP contribution in [-0.2, 0) is 6.42 Å². The quantitative estimate of drug-likeness (QED) is 0.822. The number of aryl methyl sites for hydroxylation is 1. The lowest BCUT2D eigenvalue weighted by Crippen LogP contribution is -2.09. The third kappa shape index (κ3) is 2.77. The van der Waals surface area contributed by atoms with Crippen molar-refractivity contribution >= 4 is 22.6 Å². The molecule has 2 aromatic rings. The van der Waals surface area contributed by atoms with E-state index in [0.29, 0.717) is 0 Å². The van der Waals surface area contributed by atoms with Crippen LogP contribution >= 0.6 is 22.6 Å². The molecule has 0 saturated heterocycles. The third-order valence-electron chi connectivity index (χ3n) is 3.41. The Kier molecular flexibility index (Phi) is 3.75. The molecule has 1 aliphatic heterocycles. The Balaban J connectivity index is 1.93. The zero-order chi connectivity index (χ0) is 13.2. The van der Waals surface area contributed by atoms with Gasteiger partial charge in [0.25, 0.3) is 0 Å². The Morgan fingerprint density at radius 3 is 2.79 bits per heavy atom. The number of hydrogen-bond donors (Lipinski definition) is 1. The molecule has 0 aliphatic carbocycles. The summed E-state index contributed by atoms with van der Waals surface area (Å²) in [6, 6.07) is 14.0. The summed E-state index contributed by atoms with van der Waals surface area (Å²) < 4.78 is 6.73. The predicted octanol–water partition coefficient (Wildman–Crippen LogP) is 3.70. The van der Waals surface area contributed by atoms with Gasteiger partial charge < -0.3 is 9.84 Å². The van der Waals surface area contributed by atoms with Gasteiger partial charge in [0.15, 0.2) is 0 Å². The first-order chi connectivity index (χ1) is 9.24. The number of rotatable bonds is 2. The van der Waals surface area contributed by atoms with E-state index in [4.69, 9.17) is 4.74 Å². The summed E-state index contributed by atoms with van der Waals surface area (Å²) in [5.74, 6) is 0.963. The van der Waals surface area contributed by atoms with E-state index in [-0.39, 0.29) is 0 Å². The lowest BCUT2D eigenvalue weighted by atomic mass is 9.97. The van der Waals surface area contributed by atoms with Crippen molar-refractivity contribution in [3.8, 4) is 5.75 Å². The first-order valence-corrected chi connectivity index (χ1v) is 7.51. The van der Waals surface area contributed by atoms with Crippen LogP contribution in [0.25, 0.3) is 0 Å². The highest BCUT2D eigenvalue weighted by Gasteiger charge is 2.15. The molecule has 1 N–H and O–H groups in total. The first kappa shape index (κ1) is 12.9. The molecule has 1 unspecified atom stereocenters. The van der Waals surface area contributed by atoms with Gasteiger partial charge in [-0.3, -0.25) is 0 Å². The van der Waals surface area contributed by atoms with Gasteiger partial charge in [-0.05, 0) is 76.4 Å². The molecule has 3 heteroatoms. The van der Waals surface area contributed by atoms with Crippen LogP contribution in [0.1, 0.15) is 29.2 Å². The Hall–Kier alpha value is -1.07. The van der Waals surface area contributed by atoms with E-state index >= 15 is 0 Å². The standard InChI is InChI=1S/C16H15IO2/c17-14-5-1-3-12(10-14)16(18)13-6-7-15-11(9-13)4-2-8-19-15/h1,3,5-7,9-10,16,18H,2,4,8H2. The number of fused-ring (bicyclic) bond motifs is 1. The molecule has 2 aromatic carbocycles.